The number of hydrogen-bond donors (Lipinski definition) is 3. The third-order valence-corrected chi connectivity index (χ3v) is 6.93. The largest absolute Gasteiger partial charge is 0.399 e. The molecule has 9 heteroatoms. The number of aromatic nitrogens is 1. The molecule has 0 spiro atoms. The number of nitrogens with two attached hydrogens (primary N) is 1. The summed E-state index contributed by atoms with van der Waals surface area (Å²) in [6.07, 6.45) is 2.73. The Morgan fingerprint density at radius 1 is 1.00 bits per heavy atom. The molecule has 5 nitrogen and oxygen atoms in total. The minimum atomic E-state index is -5.65. The van der Waals surface area contributed by atoms with Crippen LogP contribution in [0.2, 0.25) is 0 Å². The molecule has 4 N–H and O–H groups in total. The molecule has 0 aliphatic rings. The van der Waals surface area contributed by atoms with Gasteiger partial charge in [0.1, 0.15) is 0 Å². The van der Waals surface area contributed by atoms with Gasteiger partial charge >= 0.3 is 13.3 Å². The predicted molar refractivity (Wildman–Crippen MR) is 125 cm³/mol. The fourth-order valence-electron chi connectivity index (χ4n) is 3.73. The Balaban J connectivity index is 1.71. The first kappa shape index (κ1) is 22.7. The van der Waals surface area contributed by atoms with Gasteiger partial charge in [-0.1, -0.05) is 58.4 Å². The maximum atomic E-state index is 14.1. The van der Waals surface area contributed by atoms with Gasteiger partial charge in [-0.15, -0.1) is 0 Å². The molecular weight excluding hydrogens is 501 g/mol. The molecule has 4 aromatic rings. The topological polar surface area (TPSA) is 88.5 Å². The highest BCUT2D eigenvalue weighted by atomic mass is 79.9. The zero-order chi connectivity index (χ0) is 23.1. The van der Waals surface area contributed by atoms with Gasteiger partial charge in [-0.05, 0) is 47.4 Å². The molecule has 0 amide bonds. The second-order valence-electron chi connectivity index (χ2n) is 7.62. The Morgan fingerprint density at radius 2 is 1.72 bits per heavy atom. The van der Waals surface area contributed by atoms with Crippen molar-refractivity contribution in [1.82, 2.24) is 4.57 Å². The molecule has 0 aliphatic heterocycles. The van der Waals surface area contributed by atoms with Crippen LogP contribution < -0.4 is 5.73 Å². The summed E-state index contributed by atoms with van der Waals surface area (Å²) in [6.45, 7) is 0.384. The standard InChI is InChI=1S/C23H20BrF2N2O3P/c24-21-11-16(6-8-20(21)23(25,26)32(29,30)31)13-28-14-17(10-15-4-2-1-3-5-15)19-12-18(27)7-9-22(19)28/h1-9,11-12,14H,10,13,27H2,(H2,29,30,31). The Hall–Kier alpha value is -2.51. The highest BCUT2D eigenvalue weighted by molar-refractivity contribution is 9.10. The van der Waals surface area contributed by atoms with E-state index in [-0.39, 0.29) is 4.47 Å². The van der Waals surface area contributed by atoms with Crippen LogP contribution in [0, 0.1) is 0 Å². The second-order valence-corrected chi connectivity index (χ2v) is 10.1. The van der Waals surface area contributed by atoms with E-state index >= 15 is 0 Å². The Labute approximate surface area is 191 Å². The van der Waals surface area contributed by atoms with E-state index in [9.17, 15) is 13.3 Å². The van der Waals surface area contributed by atoms with Gasteiger partial charge in [-0.2, -0.15) is 8.78 Å². The predicted octanol–water partition coefficient (Wildman–Crippen LogP) is 5.85. The van der Waals surface area contributed by atoms with Crippen molar-refractivity contribution < 1.29 is 23.1 Å². The van der Waals surface area contributed by atoms with Crippen LogP contribution in [-0.2, 0) is 23.2 Å². The molecule has 166 valence electrons. The lowest BCUT2D eigenvalue weighted by Crippen LogP contribution is -2.14. The quantitative estimate of drug-likeness (QED) is 0.219. The molecule has 1 aromatic heterocycles. The third-order valence-electron chi connectivity index (χ3n) is 5.30. The Kier molecular flexibility index (Phi) is 5.98. The van der Waals surface area contributed by atoms with Crippen LogP contribution in [0.3, 0.4) is 0 Å². The first-order valence-electron chi connectivity index (χ1n) is 9.70. The lowest BCUT2D eigenvalue weighted by Gasteiger charge is -2.19. The maximum Gasteiger partial charge on any atom is 0.399 e. The third kappa shape index (κ3) is 4.36. The average molecular weight is 521 g/mol. The molecular formula is C23H20BrF2N2O3P. The molecule has 0 aliphatic carbocycles. The SMILES string of the molecule is Nc1ccc2c(c1)c(Cc1ccccc1)cn2Cc1ccc(C(F)(F)P(=O)(O)O)c(Br)c1. The van der Waals surface area contributed by atoms with Crippen LogP contribution in [0.5, 0.6) is 0 Å². The van der Waals surface area contributed by atoms with Gasteiger partial charge < -0.3 is 20.1 Å². The number of halogens is 3. The van der Waals surface area contributed by atoms with Crippen LogP contribution in [0.4, 0.5) is 14.5 Å². The second kappa shape index (κ2) is 8.45. The van der Waals surface area contributed by atoms with E-state index in [1.54, 1.807) is 0 Å². The summed E-state index contributed by atoms with van der Waals surface area (Å²) in [5, 5.41) is 1.01. The van der Waals surface area contributed by atoms with Crippen LogP contribution >= 0.6 is 23.5 Å². The smallest absolute Gasteiger partial charge is 0.399 e. The van der Waals surface area contributed by atoms with Crippen molar-refractivity contribution >= 4 is 40.1 Å². The number of benzene rings is 3. The number of nitrogen functional groups attached to an aromatic ring is 1. The Bertz CT molecular complexity index is 1340. The zero-order valence-electron chi connectivity index (χ0n) is 16.8. The fraction of sp³-hybridized carbons (Fsp3) is 0.130. The number of fused-ring (bicyclic) bond motifs is 1. The number of alkyl halides is 2. The number of nitrogens with zero attached hydrogens (tertiary/aromatic N) is 1. The van der Waals surface area contributed by atoms with Crippen molar-refractivity contribution in [3.05, 3.63) is 99.7 Å². The van der Waals surface area contributed by atoms with E-state index in [1.165, 1.54) is 12.1 Å². The first-order valence-corrected chi connectivity index (χ1v) is 12.1. The van der Waals surface area contributed by atoms with Crippen LogP contribution in [-0.4, -0.2) is 14.4 Å². The highest BCUT2D eigenvalue weighted by Gasteiger charge is 2.51. The summed E-state index contributed by atoms with van der Waals surface area (Å²) in [5.41, 5.74) is 5.53. The van der Waals surface area contributed by atoms with E-state index in [1.807, 2.05) is 59.3 Å². The molecule has 32 heavy (non-hydrogen) atoms. The lowest BCUT2D eigenvalue weighted by molar-refractivity contribution is 0.0557. The van der Waals surface area contributed by atoms with Crippen molar-refractivity contribution in [2.75, 3.05) is 5.73 Å². The normalized spacial score (nSPS) is 12.4. The summed E-state index contributed by atoms with van der Waals surface area (Å²) in [6, 6.07) is 19.6. The Morgan fingerprint density at radius 3 is 2.38 bits per heavy atom. The fourth-order valence-corrected chi connectivity index (χ4v) is 5.07. The summed E-state index contributed by atoms with van der Waals surface area (Å²) < 4.78 is 41.4. The van der Waals surface area contributed by atoms with Gasteiger partial charge in [0.15, 0.2) is 0 Å². The van der Waals surface area contributed by atoms with Crippen LogP contribution in [0.1, 0.15) is 22.3 Å². The lowest BCUT2D eigenvalue weighted by atomic mass is 10.0. The molecule has 0 fully saturated rings. The van der Waals surface area contributed by atoms with Gasteiger partial charge in [-0.25, -0.2) is 0 Å². The molecule has 4 rings (SSSR count). The van der Waals surface area contributed by atoms with Crippen molar-refractivity contribution in [2.45, 2.75) is 18.6 Å². The molecule has 0 saturated carbocycles. The van der Waals surface area contributed by atoms with E-state index in [2.05, 4.69) is 15.9 Å². The van der Waals surface area contributed by atoms with Crippen molar-refractivity contribution in [3.8, 4) is 0 Å². The van der Waals surface area contributed by atoms with Gasteiger partial charge in [0, 0.05) is 39.4 Å². The maximum absolute atomic E-state index is 14.1. The van der Waals surface area contributed by atoms with Crippen LogP contribution in [0.25, 0.3) is 10.9 Å². The zero-order valence-corrected chi connectivity index (χ0v) is 19.2. The summed E-state index contributed by atoms with van der Waals surface area (Å²) in [7, 11) is -5.65. The summed E-state index contributed by atoms with van der Waals surface area (Å²) >= 11 is 3.05. The van der Waals surface area contributed by atoms with Gasteiger partial charge in [0.25, 0.3) is 0 Å². The van der Waals surface area contributed by atoms with Gasteiger partial charge in [0.2, 0.25) is 0 Å². The molecule has 0 bridgehead atoms. The first-order chi connectivity index (χ1) is 15.1. The summed E-state index contributed by atoms with van der Waals surface area (Å²) in [5.74, 6) is 0. The minimum absolute atomic E-state index is 0.0615. The van der Waals surface area contributed by atoms with Crippen molar-refractivity contribution in [3.63, 3.8) is 0 Å². The van der Waals surface area contributed by atoms with E-state index in [4.69, 9.17) is 15.5 Å². The van der Waals surface area contributed by atoms with Crippen molar-refractivity contribution in [2.24, 2.45) is 0 Å². The molecule has 0 saturated heterocycles. The molecule has 0 atom stereocenters. The minimum Gasteiger partial charge on any atom is -0.399 e. The van der Waals surface area contributed by atoms with E-state index in [0.717, 1.165) is 28.1 Å². The van der Waals surface area contributed by atoms with Crippen LogP contribution in [0.15, 0.2) is 77.4 Å². The summed E-state index contributed by atoms with van der Waals surface area (Å²) in [4.78, 5) is 18.0. The number of hydrogen-bond acceptors (Lipinski definition) is 2. The molecule has 0 unspecified atom stereocenters. The molecule has 3 aromatic carbocycles. The van der Waals surface area contributed by atoms with E-state index in [0.29, 0.717) is 24.2 Å². The average Bonchev–Trinajstić information content (AvgIpc) is 3.04. The monoisotopic (exact) mass is 520 g/mol. The highest BCUT2D eigenvalue weighted by Crippen LogP contribution is 2.60. The molecule has 1 heterocycles. The van der Waals surface area contributed by atoms with Gasteiger partial charge in [-0.3, -0.25) is 4.57 Å². The number of anilines is 1. The van der Waals surface area contributed by atoms with E-state index < -0.39 is 18.8 Å². The van der Waals surface area contributed by atoms with Crippen molar-refractivity contribution in [1.29, 1.82) is 0 Å². The van der Waals surface area contributed by atoms with Gasteiger partial charge in [0.05, 0.1) is 0 Å². The molecule has 0 radical (unpaired) electrons. The number of rotatable bonds is 6.